The van der Waals surface area contributed by atoms with Gasteiger partial charge in [-0.25, -0.2) is 0 Å². The summed E-state index contributed by atoms with van der Waals surface area (Å²) in [7, 11) is 0. The van der Waals surface area contributed by atoms with E-state index in [0.717, 1.165) is 5.52 Å². The number of rotatable bonds is 1. The van der Waals surface area contributed by atoms with Gasteiger partial charge in [0.15, 0.2) is 0 Å². The Bertz CT molecular complexity index is 735. The van der Waals surface area contributed by atoms with Gasteiger partial charge in [0.1, 0.15) is 0 Å². The van der Waals surface area contributed by atoms with Gasteiger partial charge >= 0.3 is 128 Å². The van der Waals surface area contributed by atoms with Gasteiger partial charge in [-0.05, 0) is 0 Å². The summed E-state index contributed by atoms with van der Waals surface area (Å²) in [6, 6.07) is 10.7. The molecule has 1 saturated carbocycles. The van der Waals surface area contributed by atoms with Gasteiger partial charge in [-0.1, -0.05) is 0 Å². The van der Waals surface area contributed by atoms with Crippen molar-refractivity contribution < 1.29 is 41.1 Å². The van der Waals surface area contributed by atoms with Crippen LogP contribution in [0, 0.1) is 5.92 Å². The van der Waals surface area contributed by atoms with E-state index in [0.29, 0.717) is 5.92 Å². The molecule has 0 bridgehead atoms. The van der Waals surface area contributed by atoms with Crippen LogP contribution >= 0.6 is 0 Å². The maximum absolute atomic E-state index is 4.64. The van der Waals surface area contributed by atoms with E-state index in [1.54, 1.807) is 5.57 Å². The van der Waals surface area contributed by atoms with Crippen molar-refractivity contribution in [3.05, 3.63) is 65.9 Å². The quantitative estimate of drug-likeness (QED) is 0.583. The van der Waals surface area contributed by atoms with E-state index >= 15 is 0 Å². The van der Waals surface area contributed by atoms with E-state index in [9.17, 15) is 0 Å². The number of halogens is 2. The molecule has 2 aliphatic carbocycles. The minimum atomic E-state index is 0. The molecule has 0 saturated heterocycles. The van der Waals surface area contributed by atoms with E-state index in [1.165, 1.54) is 30.2 Å². The Morgan fingerprint density at radius 3 is 2.82 bits per heavy atom. The third kappa shape index (κ3) is 2.63. The van der Waals surface area contributed by atoms with Gasteiger partial charge in [0.05, 0.1) is 0 Å². The molecule has 4 rings (SSSR count). The number of fused-ring (bicyclic) bond motifs is 2. The van der Waals surface area contributed by atoms with Crippen molar-refractivity contribution in [1.82, 2.24) is 4.98 Å². The predicted octanol–water partition coefficient (Wildman–Crippen LogP) is -1.72. The van der Waals surface area contributed by atoms with E-state index in [4.69, 9.17) is 0 Å². The van der Waals surface area contributed by atoms with Gasteiger partial charge in [-0.2, -0.15) is 0 Å². The number of hydrogen-bond acceptors (Lipinski definition) is 1. The normalized spacial score (nSPS) is 25.8. The van der Waals surface area contributed by atoms with Crippen LogP contribution in [0.4, 0.5) is 0 Å². The fourth-order valence-electron chi connectivity index (χ4n) is 3.66. The first-order valence-electron chi connectivity index (χ1n) is 7.21. The summed E-state index contributed by atoms with van der Waals surface area (Å²) in [5, 5.41) is 1.23. The van der Waals surface area contributed by atoms with E-state index in [1.807, 2.05) is 12.3 Å². The molecule has 22 heavy (non-hydrogen) atoms. The molecule has 0 amide bonds. The Kier molecular flexibility index (Phi) is 5.41. The molecule has 2 atom stereocenters. The second-order valence-corrected chi connectivity index (χ2v) is 6.82. The molecule has 0 radical (unpaired) electrons. The Morgan fingerprint density at radius 1 is 1.14 bits per heavy atom. The molecule has 1 heterocycles. The van der Waals surface area contributed by atoms with E-state index < -0.39 is 0 Å². The summed E-state index contributed by atoms with van der Waals surface area (Å²) >= 11 is 3.52. The van der Waals surface area contributed by atoms with E-state index in [-0.39, 0.29) is 29.1 Å². The fraction of sp³-hybridized carbons (Fsp3) is 0.278. The van der Waals surface area contributed by atoms with Crippen LogP contribution in [0.15, 0.2) is 60.3 Å². The van der Waals surface area contributed by atoms with Crippen molar-refractivity contribution in [1.29, 1.82) is 0 Å². The van der Waals surface area contributed by atoms with Crippen LogP contribution in [0.2, 0.25) is 0 Å². The molecule has 2 aliphatic rings. The van der Waals surface area contributed by atoms with Gasteiger partial charge < -0.3 is 24.8 Å². The summed E-state index contributed by atoms with van der Waals surface area (Å²) in [6.07, 6.45) is 12.4. The van der Waals surface area contributed by atoms with Gasteiger partial charge in [0.25, 0.3) is 0 Å². The number of allylic oxidation sites excluding steroid dienone is 4. The van der Waals surface area contributed by atoms with Crippen LogP contribution in [-0.4, -0.2) is 4.98 Å². The number of pyridine rings is 1. The zero-order valence-corrected chi connectivity index (χ0v) is 14.8. The van der Waals surface area contributed by atoms with Gasteiger partial charge in [-0.15, -0.1) is 0 Å². The first kappa shape index (κ1) is 17.6. The zero-order valence-electron chi connectivity index (χ0n) is 12.0. The summed E-state index contributed by atoms with van der Waals surface area (Å²) in [4.78, 5) is 4.64. The molecule has 2 aromatic rings. The van der Waals surface area contributed by atoms with Crippen LogP contribution in [-0.2, 0) is 20.6 Å². The molecule has 113 valence electrons. The number of benzene rings is 1. The molecule has 1 aromatic heterocycles. The number of para-hydroxylation sites is 1. The minimum absolute atomic E-state index is 0. The van der Waals surface area contributed by atoms with E-state index in [2.05, 4.69) is 63.8 Å². The standard InChI is InChI=1S/C18H16N.2ClH.Cr/c1-2-8-15-13(5-1)10-11-16(15)17-9-3-6-14-7-4-12-19-18(14)17;;;/h1-4,6-9,12-13H,5,10-11H2;2*1H;/q;;;+2/p-2. The molecular weight excluding hydrogens is 353 g/mol. The molecule has 2 unspecified atom stereocenters. The summed E-state index contributed by atoms with van der Waals surface area (Å²) in [5.41, 5.74) is 4.04. The third-order valence-corrected chi connectivity index (χ3v) is 5.68. The molecule has 0 aliphatic heterocycles. The van der Waals surface area contributed by atoms with Crippen LogP contribution in [0.1, 0.15) is 24.8 Å². The first-order valence-corrected chi connectivity index (χ1v) is 7.85. The monoisotopic (exact) mass is 368 g/mol. The summed E-state index contributed by atoms with van der Waals surface area (Å²) < 4.78 is 0.0310. The molecule has 1 nitrogen and oxygen atoms in total. The van der Waals surface area contributed by atoms with Gasteiger partial charge in [0, 0.05) is 0 Å². The summed E-state index contributed by atoms with van der Waals surface area (Å²) in [6.45, 7) is 0. The second-order valence-electron chi connectivity index (χ2n) is 5.73. The topological polar surface area (TPSA) is 12.9 Å². The van der Waals surface area contributed by atoms with Crippen LogP contribution in [0.3, 0.4) is 0 Å². The van der Waals surface area contributed by atoms with Crippen molar-refractivity contribution in [3.8, 4) is 0 Å². The Balaban J connectivity index is 0.000000882. The molecule has 4 heteroatoms. The van der Waals surface area contributed by atoms with Crippen LogP contribution in [0.5, 0.6) is 0 Å². The SMILES string of the molecule is [Cl-].[Cl-].[Cr+2][C]1(c2cccc3cccnc23)CCC2CC=CC=C21. The molecule has 1 aromatic carbocycles. The molecule has 0 spiro atoms. The summed E-state index contributed by atoms with van der Waals surface area (Å²) in [5.74, 6) is 0.709. The maximum atomic E-state index is 4.64. The van der Waals surface area contributed by atoms with Crippen molar-refractivity contribution in [3.63, 3.8) is 0 Å². The Hall–Kier alpha value is -0.778. The second kappa shape index (κ2) is 6.77. The number of hydrogen-bond donors (Lipinski definition) is 0. The third-order valence-electron chi connectivity index (χ3n) is 4.65. The Labute approximate surface area is 152 Å². The van der Waals surface area contributed by atoms with Gasteiger partial charge in [0.2, 0.25) is 0 Å². The number of nitrogens with zero attached hydrogens (tertiary/aromatic N) is 1. The molecular formula is C18H16Cl2CrN. The van der Waals surface area contributed by atoms with Gasteiger partial charge in [-0.3, -0.25) is 0 Å². The van der Waals surface area contributed by atoms with Crippen molar-refractivity contribution in [2.45, 2.75) is 23.5 Å². The fourth-order valence-corrected chi connectivity index (χ4v) is 4.47. The van der Waals surface area contributed by atoms with Crippen molar-refractivity contribution in [2.75, 3.05) is 0 Å². The number of aromatic nitrogens is 1. The molecule has 1 fully saturated rings. The van der Waals surface area contributed by atoms with Crippen molar-refractivity contribution >= 4 is 10.9 Å². The van der Waals surface area contributed by atoms with Crippen LogP contribution < -0.4 is 24.8 Å². The molecule has 0 N–H and O–H groups in total. The predicted molar refractivity (Wildman–Crippen MR) is 78.0 cm³/mol. The average Bonchev–Trinajstić information content (AvgIpc) is 2.86. The first-order chi connectivity index (χ1) is 9.79. The average molecular weight is 369 g/mol. The van der Waals surface area contributed by atoms with Crippen LogP contribution in [0.25, 0.3) is 10.9 Å². The van der Waals surface area contributed by atoms with Crippen molar-refractivity contribution in [2.24, 2.45) is 5.92 Å². The Morgan fingerprint density at radius 2 is 1.95 bits per heavy atom. The zero-order chi connectivity index (χ0) is 13.6.